The number of pyridine rings is 1. The van der Waals surface area contributed by atoms with Crippen LogP contribution >= 0.6 is 0 Å². The van der Waals surface area contributed by atoms with Crippen LogP contribution < -0.4 is 10.6 Å². The molecule has 0 aromatic carbocycles. The predicted octanol–water partition coefficient (Wildman–Crippen LogP) is 1.28. The van der Waals surface area contributed by atoms with Gasteiger partial charge in [-0.25, -0.2) is 4.98 Å². The Morgan fingerprint density at radius 1 is 1.60 bits per heavy atom. The Labute approximate surface area is 90.0 Å². The average Bonchev–Trinajstić information content (AvgIpc) is 2.30. The first-order valence-corrected chi connectivity index (χ1v) is 5.37. The zero-order valence-electron chi connectivity index (χ0n) is 9.02. The number of nitrogens with two attached hydrogens (primary N) is 1. The molecular weight excluding hydrogens is 190 g/mol. The zero-order valence-corrected chi connectivity index (χ0v) is 9.02. The number of nitrogen functional groups attached to an aromatic ring is 1. The molecule has 82 valence electrons. The number of morpholine rings is 1. The van der Waals surface area contributed by atoms with E-state index in [4.69, 9.17) is 10.5 Å². The molecule has 4 nitrogen and oxygen atoms in total. The van der Waals surface area contributed by atoms with Gasteiger partial charge in [0.15, 0.2) is 0 Å². The van der Waals surface area contributed by atoms with Gasteiger partial charge < -0.3 is 15.4 Å². The van der Waals surface area contributed by atoms with Crippen molar-refractivity contribution in [2.75, 3.05) is 30.3 Å². The van der Waals surface area contributed by atoms with E-state index < -0.39 is 0 Å². The minimum Gasteiger partial charge on any atom is -0.397 e. The van der Waals surface area contributed by atoms with E-state index in [0.717, 1.165) is 31.9 Å². The number of rotatable bonds is 2. The molecule has 4 heteroatoms. The third-order valence-electron chi connectivity index (χ3n) is 2.69. The summed E-state index contributed by atoms with van der Waals surface area (Å²) in [7, 11) is 0. The molecule has 1 fully saturated rings. The summed E-state index contributed by atoms with van der Waals surface area (Å²) in [4.78, 5) is 6.56. The zero-order chi connectivity index (χ0) is 10.7. The van der Waals surface area contributed by atoms with E-state index >= 15 is 0 Å². The van der Waals surface area contributed by atoms with E-state index in [2.05, 4.69) is 16.8 Å². The van der Waals surface area contributed by atoms with Crippen LogP contribution in [0.15, 0.2) is 18.3 Å². The Balaban J connectivity index is 2.06. The van der Waals surface area contributed by atoms with Crippen LogP contribution in [-0.2, 0) is 4.74 Å². The number of anilines is 2. The molecule has 15 heavy (non-hydrogen) atoms. The van der Waals surface area contributed by atoms with E-state index in [1.807, 2.05) is 12.1 Å². The van der Waals surface area contributed by atoms with Gasteiger partial charge in [0.1, 0.15) is 5.82 Å². The number of nitrogens with zero attached hydrogens (tertiary/aromatic N) is 2. The number of ether oxygens (including phenoxy) is 1. The SMILES string of the molecule is CCC1CN(c2ccc(N)cn2)CCO1. The largest absolute Gasteiger partial charge is 0.397 e. The van der Waals surface area contributed by atoms with Gasteiger partial charge in [-0.15, -0.1) is 0 Å². The van der Waals surface area contributed by atoms with Crippen LogP contribution in [0.4, 0.5) is 11.5 Å². The lowest BCUT2D eigenvalue weighted by Gasteiger charge is -2.33. The van der Waals surface area contributed by atoms with Gasteiger partial charge >= 0.3 is 0 Å². The first kappa shape index (κ1) is 10.2. The summed E-state index contributed by atoms with van der Waals surface area (Å²) in [5.41, 5.74) is 6.31. The van der Waals surface area contributed by atoms with Crippen LogP contribution in [0.25, 0.3) is 0 Å². The Morgan fingerprint density at radius 2 is 2.47 bits per heavy atom. The molecular formula is C11H17N3O. The summed E-state index contributed by atoms with van der Waals surface area (Å²) in [5, 5.41) is 0. The van der Waals surface area contributed by atoms with Crippen molar-refractivity contribution in [3.8, 4) is 0 Å². The topological polar surface area (TPSA) is 51.4 Å². The van der Waals surface area contributed by atoms with Gasteiger partial charge in [-0.2, -0.15) is 0 Å². The lowest BCUT2D eigenvalue weighted by Crippen LogP contribution is -2.42. The fraction of sp³-hybridized carbons (Fsp3) is 0.545. The molecule has 1 aromatic heterocycles. The first-order valence-electron chi connectivity index (χ1n) is 5.37. The molecule has 2 rings (SSSR count). The molecule has 1 saturated heterocycles. The second kappa shape index (κ2) is 4.49. The van der Waals surface area contributed by atoms with Crippen LogP contribution in [-0.4, -0.2) is 30.8 Å². The number of aromatic nitrogens is 1. The van der Waals surface area contributed by atoms with E-state index in [1.165, 1.54) is 0 Å². The van der Waals surface area contributed by atoms with E-state index in [-0.39, 0.29) is 0 Å². The standard InChI is InChI=1S/C11H17N3O/c1-2-10-8-14(5-6-15-10)11-4-3-9(12)7-13-11/h3-4,7,10H,2,5-6,8,12H2,1H3. The second-order valence-electron chi connectivity index (χ2n) is 3.80. The quantitative estimate of drug-likeness (QED) is 0.793. The van der Waals surface area contributed by atoms with Gasteiger partial charge in [0.2, 0.25) is 0 Å². The van der Waals surface area contributed by atoms with Crippen LogP contribution in [0.3, 0.4) is 0 Å². The highest BCUT2D eigenvalue weighted by Crippen LogP contribution is 2.17. The smallest absolute Gasteiger partial charge is 0.128 e. The molecule has 1 atom stereocenters. The van der Waals surface area contributed by atoms with Gasteiger partial charge in [-0.1, -0.05) is 6.92 Å². The minimum absolute atomic E-state index is 0.332. The molecule has 1 aliphatic rings. The van der Waals surface area contributed by atoms with E-state index in [1.54, 1.807) is 6.20 Å². The lowest BCUT2D eigenvalue weighted by atomic mass is 10.2. The predicted molar refractivity (Wildman–Crippen MR) is 60.9 cm³/mol. The fourth-order valence-electron chi connectivity index (χ4n) is 1.76. The Morgan fingerprint density at radius 3 is 3.13 bits per heavy atom. The monoisotopic (exact) mass is 207 g/mol. The number of hydrogen-bond donors (Lipinski definition) is 1. The highest BCUT2D eigenvalue weighted by molar-refractivity contribution is 5.46. The maximum Gasteiger partial charge on any atom is 0.128 e. The molecule has 2 N–H and O–H groups in total. The van der Waals surface area contributed by atoms with E-state index in [9.17, 15) is 0 Å². The Hall–Kier alpha value is -1.29. The molecule has 0 aliphatic carbocycles. The summed E-state index contributed by atoms with van der Waals surface area (Å²) in [5.74, 6) is 0.992. The van der Waals surface area contributed by atoms with Gasteiger partial charge in [0.05, 0.1) is 24.6 Å². The second-order valence-corrected chi connectivity index (χ2v) is 3.80. The van der Waals surface area contributed by atoms with Crippen molar-refractivity contribution in [2.45, 2.75) is 19.4 Å². The molecule has 1 unspecified atom stereocenters. The summed E-state index contributed by atoms with van der Waals surface area (Å²) >= 11 is 0. The molecule has 0 amide bonds. The molecule has 1 aliphatic heterocycles. The van der Waals surface area contributed by atoms with Crippen molar-refractivity contribution >= 4 is 11.5 Å². The maximum atomic E-state index is 5.61. The number of hydrogen-bond acceptors (Lipinski definition) is 4. The van der Waals surface area contributed by atoms with E-state index in [0.29, 0.717) is 11.8 Å². The summed E-state index contributed by atoms with van der Waals surface area (Å²) < 4.78 is 5.61. The molecule has 0 spiro atoms. The van der Waals surface area contributed by atoms with Gasteiger partial charge in [0, 0.05) is 13.1 Å². The fourth-order valence-corrected chi connectivity index (χ4v) is 1.76. The van der Waals surface area contributed by atoms with Crippen molar-refractivity contribution in [3.05, 3.63) is 18.3 Å². The highest BCUT2D eigenvalue weighted by atomic mass is 16.5. The minimum atomic E-state index is 0.332. The third-order valence-corrected chi connectivity index (χ3v) is 2.69. The van der Waals surface area contributed by atoms with Crippen LogP contribution in [0.1, 0.15) is 13.3 Å². The van der Waals surface area contributed by atoms with Crippen molar-refractivity contribution < 1.29 is 4.74 Å². The molecule has 2 heterocycles. The Bertz CT molecular complexity index is 312. The van der Waals surface area contributed by atoms with Crippen molar-refractivity contribution in [2.24, 2.45) is 0 Å². The summed E-state index contributed by atoms with van der Waals surface area (Å²) in [6, 6.07) is 3.85. The maximum absolute atomic E-state index is 5.61. The van der Waals surface area contributed by atoms with Crippen molar-refractivity contribution in [3.63, 3.8) is 0 Å². The van der Waals surface area contributed by atoms with Gasteiger partial charge in [0.25, 0.3) is 0 Å². The van der Waals surface area contributed by atoms with Gasteiger partial charge in [-0.3, -0.25) is 0 Å². The molecule has 1 aromatic rings. The molecule has 0 radical (unpaired) electrons. The highest BCUT2D eigenvalue weighted by Gasteiger charge is 2.19. The normalized spacial score (nSPS) is 21.7. The van der Waals surface area contributed by atoms with Crippen LogP contribution in [0.5, 0.6) is 0 Å². The molecule has 0 bridgehead atoms. The van der Waals surface area contributed by atoms with Crippen LogP contribution in [0, 0.1) is 0 Å². The van der Waals surface area contributed by atoms with Crippen LogP contribution in [0.2, 0.25) is 0 Å². The van der Waals surface area contributed by atoms with Crippen molar-refractivity contribution in [1.29, 1.82) is 0 Å². The summed E-state index contributed by atoms with van der Waals surface area (Å²) in [6.45, 7) is 4.76. The first-order chi connectivity index (χ1) is 7.29. The lowest BCUT2D eigenvalue weighted by molar-refractivity contribution is 0.0382. The third kappa shape index (κ3) is 2.39. The van der Waals surface area contributed by atoms with Gasteiger partial charge in [-0.05, 0) is 18.6 Å². The average molecular weight is 207 g/mol. The van der Waals surface area contributed by atoms with Crippen molar-refractivity contribution in [1.82, 2.24) is 4.98 Å². The Kier molecular flexibility index (Phi) is 3.06. The summed E-state index contributed by atoms with van der Waals surface area (Å²) in [6.07, 6.45) is 3.08. The molecule has 0 saturated carbocycles.